The van der Waals surface area contributed by atoms with Crippen LogP contribution in [0.3, 0.4) is 0 Å². The fourth-order valence-electron chi connectivity index (χ4n) is 4.22. The minimum absolute atomic E-state index is 0.157. The fraction of sp³-hybridized carbons (Fsp3) is 0.321. The molecule has 2 aromatic heterocycles. The summed E-state index contributed by atoms with van der Waals surface area (Å²) in [5.41, 5.74) is 2.23. The molecule has 2 aromatic carbocycles. The van der Waals surface area contributed by atoms with Gasteiger partial charge in [-0.1, -0.05) is 47.6 Å². The number of rotatable bonds is 5. The normalized spacial score (nSPS) is 13.0. The van der Waals surface area contributed by atoms with Crippen LogP contribution in [0, 0.1) is 6.92 Å². The number of nitrogens with zero attached hydrogens (tertiary/aromatic N) is 3. The molecule has 0 spiro atoms. The molecule has 0 saturated heterocycles. The number of aromatic nitrogens is 2. The number of carbonyl (C=O) groups excluding carboxylic acids is 1. The maximum atomic E-state index is 13.8. The Kier molecular flexibility index (Phi) is 9.08. The van der Waals surface area contributed by atoms with Gasteiger partial charge in [0.1, 0.15) is 4.83 Å². The van der Waals surface area contributed by atoms with Crippen molar-refractivity contribution in [1.29, 1.82) is 0 Å². The number of benzene rings is 2. The fourth-order valence-corrected chi connectivity index (χ4v) is 6.65. The third kappa shape index (κ3) is 6.67. The van der Waals surface area contributed by atoms with Crippen LogP contribution in [-0.2, 0) is 29.6 Å². The van der Waals surface area contributed by atoms with Crippen LogP contribution in [0.5, 0.6) is 0 Å². The number of hydrogen-bond acceptors (Lipinski definition) is 5. The second-order valence-electron chi connectivity index (χ2n) is 9.42. The predicted molar refractivity (Wildman–Crippen MR) is 152 cm³/mol. The first-order valence-electron chi connectivity index (χ1n) is 12.2. The zero-order valence-corrected chi connectivity index (χ0v) is 24.0. The second kappa shape index (κ2) is 12.1. The molecule has 206 valence electrons. The van der Waals surface area contributed by atoms with Gasteiger partial charge in [-0.25, -0.2) is 4.98 Å². The molecule has 0 unspecified atom stereocenters. The van der Waals surface area contributed by atoms with Crippen molar-refractivity contribution in [2.45, 2.75) is 49.7 Å². The lowest BCUT2D eigenvalue weighted by Gasteiger charge is -2.15. The lowest BCUT2D eigenvalue weighted by molar-refractivity contribution is -0.137. The van der Waals surface area contributed by atoms with Gasteiger partial charge in [-0.15, -0.1) is 11.3 Å². The van der Waals surface area contributed by atoms with Gasteiger partial charge in [0.25, 0.3) is 5.56 Å². The van der Waals surface area contributed by atoms with Crippen LogP contribution in [0.25, 0.3) is 15.9 Å². The largest absolute Gasteiger partial charge is 0.416 e. The molecule has 1 amide bonds. The molecule has 5 nitrogen and oxygen atoms in total. The summed E-state index contributed by atoms with van der Waals surface area (Å²) in [5, 5.41) is 1.62. The molecule has 0 aliphatic heterocycles. The number of carbonyl (C=O) groups is 1. The quantitative estimate of drug-likeness (QED) is 0.138. The number of aryl methyl sites for hydroxylation is 3. The summed E-state index contributed by atoms with van der Waals surface area (Å²) >= 11 is 9.17. The van der Waals surface area contributed by atoms with Gasteiger partial charge in [-0.05, 0) is 67.5 Å². The van der Waals surface area contributed by atoms with E-state index in [2.05, 4.69) is 0 Å². The SMILES string of the molecule is CN(C)C=O.Cc1ccc(-n2c(SCc3cccc(C(F)(F)F)c3)nc3sc4c(c3c2=O)CCCC4)cc1Cl. The molecule has 0 bridgehead atoms. The summed E-state index contributed by atoms with van der Waals surface area (Å²) in [4.78, 5) is 31.4. The Labute approximate surface area is 237 Å². The monoisotopic (exact) mass is 593 g/mol. The van der Waals surface area contributed by atoms with Crippen molar-refractivity contribution >= 4 is 51.3 Å². The molecule has 4 aromatic rings. The minimum atomic E-state index is -4.41. The second-order valence-corrected chi connectivity index (χ2v) is 11.8. The predicted octanol–water partition coefficient (Wildman–Crippen LogP) is 7.30. The van der Waals surface area contributed by atoms with E-state index in [1.807, 2.05) is 19.1 Å². The summed E-state index contributed by atoms with van der Waals surface area (Å²) in [7, 11) is 3.38. The van der Waals surface area contributed by atoms with Gasteiger partial charge in [0.15, 0.2) is 5.16 Å². The van der Waals surface area contributed by atoms with Crippen LogP contribution in [0.2, 0.25) is 5.02 Å². The van der Waals surface area contributed by atoms with Gasteiger partial charge >= 0.3 is 6.18 Å². The van der Waals surface area contributed by atoms with Crippen molar-refractivity contribution in [1.82, 2.24) is 14.5 Å². The topological polar surface area (TPSA) is 55.2 Å². The number of alkyl halides is 3. The molecule has 11 heteroatoms. The molecular formula is C28H27ClF3N3O2S2. The molecule has 0 fully saturated rings. The highest BCUT2D eigenvalue weighted by Crippen LogP contribution is 2.36. The number of amides is 1. The lowest BCUT2D eigenvalue weighted by Crippen LogP contribution is -2.22. The highest BCUT2D eigenvalue weighted by atomic mass is 35.5. The molecular weight excluding hydrogens is 567 g/mol. The Morgan fingerprint density at radius 3 is 2.54 bits per heavy atom. The Morgan fingerprint density at radius 1 is 1.15 bits per heavy atom. The van der Waals surface area contributed by atoms with Crippen molar-refractivity contribution < 1.29 is 18.0 Å². The van der Waals surface area contributed by atoms with Crippen molar-refractivity contribution in [3.05, 3.63) is 85.0 Å². The maximum absolute atomic E-state index is 13.8. The highest BCUT2D eigenvalue weighted by Gasteiger charge is 2.30. The molecule has 0 N–H and O–H groups in total. The Morgan fingerprint density at radius 2 is 1.87 bits per heavy atom. The van der Waals surface area contributed by atoms with Crippen molar-refractivity contribution in [2.75, 3.05) is 14.1 Å². The van der Waals surface area contributed by atoms with E-state index in [0.717, 1.165) is 55.4 Å². The number of hydrogen-bond donors (Lipinski definition) is 0. The molecule has 1 aliphatic rings. The summed E-state index contributed by atoms with van der Waals surface area (Å²) in [6.07, 6.45) is 0.282. The first-order chi connectivity index (χ1) is 18.5. The van der Waals surface area contributed by atoms with Gasteiger partial charge < -0.3 is 4.90 Å². The summed E-state index contributed by atoms with van der Waals surface area (Å²) in [5.74, 6) is 0.243. The van der Waals surface area contributed by atoms with Gasteiger partial charge in [0.2, 0.25) is 6.41 Å². The van der Waals surface area contributed by atoms with Gasteiger partial charge in [-0.2, -0.15) is 13.2 Å². The zero-order valence-electron chi connectivity index (χ0n) is 21.6. The summed E-state index contributed by atoms with van der Waals surface area (Å²) in [6.45, 7) is 1.88. The van der Waals surface area contributed by atoms with Gasteiger partial charge in [-0.3, -0.25) is 14.2 Å². The number of thiophene rings is 1. The number of halogens is 4. The van der Waals surface area contributed by atoms with Crippen molar-refractivity contribution in [2.24, 2.45) is 0 Å². The van der Waals surface area contributed by atoms with Crippen LogP contribution in [0.15, 0.2) is 52.4 Å². The van der Waals surface area contributed by atoms with Crippen molar-refractivity contribution in [3.8, 4) is 5.69 Å². The Balaban J connectivity index is 0.000000648. The standard InChI is InChI=1S/C25H20ClF3N2OS2.C3H7NO/c1-14-9-10-17(12-19(14)26)31-23(32)21-18-7-2-3-8-20(18)34-22(21)30-24(31)33-13-15-5-4-6-16(11-15)25(27,28)29;1-4(2)3-5/h4-6,9-12H,2-3,7-8,13H2,1H3;3H,1-2H3. The third-order valence-electron chi connectivity index (χ3n) is 6.20. The first-order valence-corrected chi connectivity index (χ1v) is 14.4. The Bertz CT molecular complexity index is 1560. The van der Waals surface area contributed by atoms with Crippen molar-refractivity contribution in [3.63, 3.8) is 0 Å². The zero-order chi connectivity index (χ0) is 28.3. The van der Waals surface area contributed by atoms with E-state index in [4.69, 9.17) is 16.6 Å². The van der Waals surface area contributed by atoms with E-state index in [-0.39, 0.29) is 11.3 Å². The van der Waals surface area contributed by atoms with E-state index in [0.29, 0.717) is 31.6 Å². The minimum Gasteiger partial charge on any atom is -0.351 e. The van der Waals surface area contributed by atoms with Gasteiger partial charge in [0.05, 0.1) is 16.6 Å². The van der Waals surface area contributed by atoms with E-state index in [1.165, 1.54) is 27.6 Å². The summed E-state index contributed by atoms with van der Waals surface area (Å²) < 4.78 is 41.0. The van der Waals surface area contributed by atoms with Gasteiger partial charge in [0, 0.05) is 29.7 Å². The van der Waals surface area contributed by atoms with E-state index in [1.54, 1.807) is 42.1 Å². The molecule has 0 atom stereocenters. The Hall–Kier alpha value is -2.82. The van der Waals surface area contributed by atoms with E-state index in [9.17, 15) is 22.8 Å². The summed E-state index contributed by atoms with van der Waals surface area (Å²) in [6, 6.07) is 10.6. The smallest absolute Gasteiger partial charge is 0.351 e. The van der Waals surface area contributed by atoms with Crippen LogP contribution < -0.4 is 5.56 Å². The van der Waals surface area contributed by atoms with E-state index < -0.39 is 11.7 Å². The first kappa shape index (κ1) is 29.2. The molecule has 5 rings (SSSR count). The van der Waals surface area contributed by atoms with Crippen LogP contribution in [0.4, 0.5) is 13.2 Å². The maximum Gasteiger partial charge on any atom is 0.416 e. The average Bonchev–Trinajstić information content (AvgIpc) is 3.28. The molecule has 0 radical (unpaired) electrons. The van der Waals surface area contributed by atoms with Crippen LogP contribution >= 0.6 is 34.7 Å². The van der Waals surface area contributed by atoms with Crippen LogP contribution in [-0.4, -0.2) is 35.0 Å². The third-order valence-corrected chi connectivity index (χ3v) is 8.81. The van der Waals surface area contributed by atoms with E-state index >= 15 is 0 Å². The number of fused-ring (bicyclic) bond motifs is 3. The molecule has 1 aliphatic carbocycles. The average molecular weight is 594 g/mol. The highest BCUT2D eigenvalue weighted by molar-refractivity contribution is 7.98. The molecule has 2 heterocycles. The van der Waals surface area contributed by atoms with Crippen LogP contribution in [0.1, 0.15) is 40.0 Å². The number of thioether (sulfide) groups is 1. The molecule has 0 saturated carbocycles. The lowest BCUT2D eigenvalue weighted by atomic mass is 9.97. The molecule has 39 heavy (non-hydrogen) atoms.